The Kier molecular flexibility index (Phi) is 6.68. The molecule has 5 nitrogen and oxygen atoms in total. The molecule has 8 heteroatoms. The van der Waals surface area contributed by atoms with Crippen LogP contribution in [0.15, 0.2) is 35.9 Å². The van der Waals surface area contributed by atoms with Gasteiger partial charge in [0, 0.05) is 11.1 Å². The lowest BCUT2D eigenvalue weighted by atomic mass is 9.78. The summed E-state index contributed by atoms with van der Waals surface area (Å²) in [5, 5.41) is 13.8. The summed E-state index contributed by atoms with van der Waals surface area (Å²) < 4.78 is 0. The van der Waals surface area contributed by atoms with Gasteiger partial charge in [-0.3, -0.25) is 19.8 Å². The lowest BCUT2D eigenvalue weighted by Gasteiger charge is -2.30. The van der Waals surface area contributed by atoms with Crippen LogP contribution in [0, 0.1) is 0 Å². The second-order valence-corrected chi connectivity index (χ2v) is 11.2. The van der Waals surface area contributed by atoms with Crippen LogP contribution in [-0.2, 0) is 20.4 Å². The van der Waals surface area contributed by atoms with Crippen molar-refractivity contribution in [1.29, 1.82) is 0 Å². The van der Waals surface area contributed by atoms with Crippen LogP contribution in [0.25, 0.3) is 6.08 Å². The first-order chi connectivity index (χ1) is 15.1. The molecule has 0 atom stereocenters. The molecule has 174 valence electrons. The molecule has 2 aromatic carbocycles. The van der Waals surface area contributed by atoms with E-state index in [4.69, 9.17) is 35.4 Å². The number of halogens is 2. The molecule has 0 spiro atoms. The molecule has 3 rings (SSSR count). The van der Waals surface area contributed by atoms with Gasteiger partial charge in [0.15, 0.2) is 5.11 Å². The van der Waals surface area contributed by atoms with Crippen molar-refractivity contribution in [3.63, 3.8) is 0 Å². The average molecular weight is 505 g/mol. The third kappa shape index (κ3) is 4.93. The van der Waals surface area contributed by atoms with Crippen molar-refractivity contribution in [2.75, 3.05) is 4.90 Å². The number of aromatic hydroxyl groups is 1. The largest absolute Gasteiger partial charge is 0.507 e. The summed E-state index contributed by atoms with van der Waals surface area (Å²) in [5.74, 6) is -1.01. The first-order valence-electron chi connectivity index (χ1n) is 10.4. The maximum Gasteiger partial charge on any atom is 0.270 e. The molecule has 1 aliphatic heterocycles. The minimum atomic E-state index is -0.615. The smallest absolute Gasteiger partial charge is 0.270 e. The quantitative estimate of drug-likeness (QED) is 0.293. The van der Waals surface area contributed by atoms with E-state index in [1.807, 2.05) is 41.5 Å². The van der Waals surface area contributed by atoms with Crippen LogP contribution in [0.1, 0.15) is 58.2 Å². The third-order valence-electron chi connectivity index (χ3n) is 5.33. The van der Waals surface area contributed by atoms with Gasteiger partial charge in [-0.2, -0.15) is 0 Å². The Hall–Kier alpha value is -2.41. The number of hydrogen-bond donors (Lipinski definition) is 2. The van der Waals surface area contributed by atoms with Crippen LogP contribution < -0.4 is 10.2 Å². The maximum absolute atomic E-state index is 13.4. The van der Waals surface area contributed by atoms with E-state index in [-0.39, 0.29) is 43.0 Å². The Morgan fingerprint density at radius 2 is 1.55 bits per heavy atom. The fourth-order valence-electron chi connectivity index (χ4n) is 3.59. The molecule has 1 heterocycles. The average Bonchev–Trinajstić information content (AvgIpc) is 2.67. The van der Waals surface area contributed by atoms with Gasteiger partial charge in [-0.15, -0.1) is 0 Å². The molecular formula is C25H26Cl2N2O3S. The number of thiocarbonyl (C=S) groups is 1. The van der Waals surface area contributed by atoms with Gasteiger partial charge in [0.05, 0.1) is 15.7 Å². The lowest BCUT2D eigenvalue weighted by Crippen LogP contribution is -2.54. The predicted octanol–water partition coefficient (Wildman–Crippen LogP) is 6.13. The second-order valence-electron chi connectivity index (χ2n) is 10.00. The molecule has 1 fully saturated rings. The Bertz CT molecular complexity index is 1170. The first-order valence-corrected chi connectivity index (χ1v) is 11.5. The number of anilines is 1. The van der Waals surface area contributed by atoms with Crippen LogP contribution in [0.4, 0.5) is 5.69 Å². The normalized spacial score (nSPS) is 16.4. The number of carbonyl (C=O) groups excluding carboxylic acids is 2. The van der Waals surface area contributed by atoms with Gasteiger partial charge in [0.2, 0.25) is 0 Å². The molecule has 0 aromatic heterocycles. The van der Waals surface area contributed by atoms with Crippen molar-refractivity contribution in [2.45, 2.75) is 52.4 Å². The van der Waals surface area contributed by atoms with Crippen molar-refractivity contribution >= 4 is 64.1 Å². The molecule has 0 saturated carbocycles. The zero-order chi connectivity index (χ0) is 24.9. The van der Waals surface area contributed by atoms with Gasteiger partial charge in [-0.25, -0.2) is 0 Å². The zero-order valence-electron chi connectivity index (χ0n) is 19.3. The number of amides is 2. The standard InChI is InChI=1S/C25H26Cl2N2O3S/c1-24(2,3)15-11-13(12-16(20(15)30)25(4,5)6)10-14-21(31)28-23(33)29(22(14)32)18-9-7-8-17(26)19(18)27/h7-12,30H,1-6H3,(H,28,31,33)/b14-10+. The van der Waals surface area contributed by atoms with Crippen LogP contribution in [0.3, 0.4) is 0 Å². The third-order valence-corrected chi connectivity index (χ3v) is 6.43. The van der Waals surface area contributed by atoms with Gasteiger partial charge in [-0.05, 0) is 59.0 Å². The minimum absolute atomic E-state index is 0.0808. The van der Waals surface area contributed by atoms with E-state index in [2.05, 4.69) is 5.32 Å². The highest BCUT2D eigenvalue weighted by Gasteiger charge is 2.36. The SMILES string of the molecule is CC(C)(C)c1cc(/C=C2\C(=O)NC(=S)N(c3cccc(Cl)c3Cl)C2=O)cc(C(C)(C)C)c1O. The molecule has 2 N–H and O–H groups in total. The number of rotatable bonds is 2. The summed E-state index contributed by atoms with van der Waals surface area (Å²) in [7, 11) is 0. The van der Waals surface area contributed by atoms with Crippen molar-refractivity contribution in [3.05, 3.63) is 62.6 Å². The molecule has 33 heavy (non-hydrogen) atoms. The molecule has 2 amide bonds. The van der Waals surface area contributed by atoms with Crippen molar-refractivity contribution in [1.82, 2.24) is 5.32 Å². The minimum Gasteiger partial charge on any atom is -0.507 e. The Morgan fingerprint density at radius 3 is 2.06 bits per heavy atom. The van der Waals surface area contributed by atoms with Gasteiger partial charge in [0.25, 0.3) is 11.8 Å². The van der Waals surface area contributed by atoms with Crippen LogP contribution in [-0.4, -0.2) is 22.0 Å². The number of hydrogen-bond acceptors (Lipinski definition) is 4. The Balaban J connectivity index is 2.19. The first kappa shape index (κ1) is 25.2. The summed E-state index contributed by atoms with van der Waals surface area (Å²) in [6.45, 7) is 11.9. The van der Waals surface area contributed by atoms with Crippen LogP contribution in [0.2, 0.25) is 10.0 Å². The number of phenolic OH excluding ortho intramolecular Hbond substituents is 1. The second kappa shape index (κ2) is 8.75. The molecule has 0 bridgehead atoms. The van der Waals surface area contributed by atoms with Gasteiger partial charge >= 0.3 is 0 Å². The van der Waals surface area contributed by atoms with E-state index in [0.29, 0.717) is 5.56 Å². The molecule has 0 unspecified atom stereocenters. The summed E-state index contributed by atoms with van der Waals surface area (Å²) >= 11 is 17.7. The van der Waals surface area contributed by atoms with E-state index < -0.39 is 11.8 Å². The van der Waals surface area contributed by atoms with Gasteiger partial charge in [0.1, 0.15) is 11.3 Å². The summed E-state index contributed by atoms with van der Waals surface area (Å²) in [5.41, 5.74) is 1.50. The molecule has 0 aliphatic carbocycles. The fourth-order valence-corrected chi connectivity index (χ4v) is 4.25. The highest BCUT2D eigenvalue weighted by atomic mass is 35.5. The highest BCUT2D eigenvalue weighted by Crippen LogP contribution is 2.40. The van der Waals surface area contributed by atoms with Gasteiger partial charge in [-0.1, -0.05) is 70.8 Å². The van der Waals surface area contributed by atoms with E-state index in [1.54, 1.807) is 30.3 Å². The van der Waals surface area contributed by atoms with Gasteiger partial charge < -0.3 is 5.11 Å². The zero-order valence-corrected chi connectivity index (χ0v) is 21.7. The highest BCUT2D eigenvalue weighted by molar-refractivity contribution is 7.80. The van der Waals surface area contributed by atoms with E-state index in [9.17, 15) is 14.7 Å². The molecule has 2 aromatic rings. The monoisotopic (exact) mass is 504 g/mol. The molecular weight excluding hydrogens is 479 g/mol. The van der Waals surface area contributed by atoms with E-state index in [1.165, 1.54) is 6.08 Å². The maximum atomic E-state index is 13.4. The number of carbonyl (C=O) groups is 2. The number of nitrogens with one attached hydrogen (secondary N) is 1. The van der Waals surface area contributed by atoms with Crippen LogP contribution in [0.5, 0.6) is 5.75 Å². The topological polar surface area (TPSA) is 69.6 Å². The Labute approximate surface area is 209 Å². The van der Waals surface area contributed by atoms with Crippen molar-refractivity contribution in [3.8, 4) is 5.75 Å². The summed E-state index contributed by atoms with van der Waals surface area (Å²) in [4.78, 5) is 27.3. The fraction of sp³-hybridized carbons (Fsp3) is 0.320. The number of nitrogens with zero attached hydrogens (tertiary/aromatic N) is 1. The molecule has 1 aliphatic rings. The number of benzene rings is 2. The van der Waals surface area contributed by atoms with Crippen molar-refractivity contribution < 1.29 is 14.7 Å². The lowest BCUT2D eigenvalue weighted by molar-refractivity contribution is -0.122. The van der Waals surface area contributed by atoms with Crippen LogP contribution >= 0.6 is 35.4 Å². The molecule has 0 radical (unpaired) electrons. The summed E-state index contributed by atoms with van der Waals surface area (Å²) in [6.07, 6.45) is 1.51. The van der Waals surface area contributed by atoms with Crippen molar-refractivity contribution in [2.24, 2.45) is 0 Å². The van der Waals surface area contributed by atoms with E-state index >= 15 is 0 Å². The molecule has 1 saturated heterocycles. The number of phenols is 1. The predicted molar refractivity (Wildman–Crippen MR) is 138 cm³/mol. The summed E-state index contributed by atoms with van der Waals surface area (Å²) in [6, 6.07) is 8.43. The van der Waals surface area contributed by atoms with E-state index in [0.717, 1.165) is 16.0 Å². The Morgan fingerprint density at radius 1 is 1.00 bits per heavy atom.